The van der Waals surface area contributed by atoms with Gasteiger partial charge in [0, 0.05) is 23.6 Å². The third kappa shape index (κ3) is 2.35. The average Bonchev–Trinajstić information content (AvgIpc) is 2.30. The lowest BCUT2D eigenvalue weighted by molar-refractivity contribution is 0.291. The summed E-state index contributed by atoms with van der Waals surface area (Å²) < 4.78 is 40.3. The number of nitriles is 1. The lowest BCUT2D eigenvalue weighted by Gasteiger charge is -2.31. The van der Waals surface area contributed by atoms with Gasteiger partial charge in [-0.3, -0.25) is 0 Å². The van der Waals surface area contributed by atoms with Crippen molar-refractivity contribution in [2.75, 3.05) is 0 Å². The summed E-state index contributed by atoms with van der Waals surface area (Å²) in [4.78, 5) is 0. The van der Waals surface area contributed by atoms with Crippen molar-refractivity contribution in [3.8, 4) is 6.07 Å². The van der Waals surface area contributed by atoms with Gasteiger partial charge in [-0.05, 0) is 12.8 Å². The molecule has 0 aliphatic heterocycles. The zero-order valence-corrected chi connectivity index (χ0v) is 10.7. The van der Waals surface area contributed by atoms with E-state index in [0.717, 1.165) is 0 Å². The van der Waals surface area contributed by atoms with Crippen LogP contribution in [0.1, 0.15) is 45.1 Å². The summed E-state index contributed by atoms with van der Waals surface area (Å²) in [6.45, 7) is 5.22. The van der Waals surface area contributed by atoms with Crippen LogP contribution in [0.3, 0.4) is 0 Å². The Kier molecular flexibility index (Phi) is 4.39. The van der Waals surface area contributed by atoms with E-state index in [1.54, 1.807) is 6.92 Å². The first-order chi connectivity index (χ1) is 8.41. The van der Waals surface area contributed by atoms with Gasteiger partial charge in [0.25, 0.3) is 0 Å². The molecule has 0 aliphatic carbocycles. The van der Waals surface area contributed by atoms with E-state index in [1.165, 1.54) is 0 Å². The van der Waals surface area contributed by atoms with Crippen molar-refractivity contribution >= 4 is 0 Å². The maximum atomic E-state index is 13.7. The molecule has 1 nitrogen and oxygen atoms in total. The predicted octanol–water partition coefficient (Wildman–Crippen LogP) is 4.54. The quantitative estimate of drug-likeness (QED) is 0.775. The summed E-state index contributed by atoms with van der Waals surface area (Å²) in [6.07, 6.45) is 0.967. The summed E-state index contributed by atoms with van der Waals surface area (Å²) in [6, 6.07) is 3.47. The Morgan fingerprint density at radius 3 is 1.94 bits per heavy atom. The predicted molar refractivity (Wildman–Crippen MR) is 63.4 cm³/mol. The van der Waals surface area contributed by atoms with Crippen molar-refractivity contribution in [2.24, 2.45) is 5.41 Å². The zero-order chi connectivity index (χ0) is 13.9. The highest BCUT2D eigenvalue weighted by Gasteiger charge is 2.37. The lowest BCUT2D eigenvalue weighted by atomic mass is 9.70. The van der Waals surface area contributed by atoms with Crippen LogP contribution in [0.25, 0.3) is 0 Å². The van der Waals surface area contributed by atoms with Gasteiger partial charge in [-0.25, -0.2) is 13.2 Å². The number of halogens is 3. The van der Waals surface area contributed by atoms with E-state index in [1.807, 2.05) is 13.8 Å². The van der Waals surface area contributed by atoms with Crippen LogP contribution in [0.2, 0.25) is 0 Å². The van der Waals surface area contributed by atoms with E-state index in [9.17, 15) is 18.4 Å². The van der Waals surface area contributed by atoms with Gasteiger partial charge >= 0.3 is 0 Å². The Bertz CT molecular complexity index is 449. The summed E-state index contributed by atoms with van der Waals surface area (Å²) in [5.74, 6) is -3.43. The van der Waals surface area contributed by atoms with Crippen molar-refractivity contribution in [2.45, 2.75) is 39.5 Å². The maximum absolute atomic E-state index is 13.7. The molecule has 0 aromatic heterocycles. The Morgan fingerprint density at radius 1 is 1.17 bits per heavy atom. The minimum Gasteiger partial charge on any atom is -0.207 e. The fourth-order valence-corrected chi connectivity index (χ4v) is 2.36. The van der Waals surface area contributed by atoms with Crippen LogP contribution in [0.4, 0.5) is 13.2 Å². The monoisotopic (exact) mass is 255 g/mol. The van der Waals surface area contributed by atoms with Crippen molar-refractivity contribution in [3.63, 3.8) is 0 Å². The molecule has 0 aliphatic rings. The molecule has 98 valence electrons. The molecule has 0 bridgehead atoms. The highest BCUT2D eigenvalue weighted by atomic mass is 19.1. The van der Waals surface area contributed by atoms with Crippen LogP contribution in [0, 0.1) is 34.2 Å². The molecular formula is C14H16F3N. The summed E-state index contributed by atoms with van der Waals surface area (Å²) in [5, 5.41) is 9.28. The number of hydrogen-bond acceptors (Lipinski definition) is 1. The summed E-state index contributed by atoms with van der Waals surface area (Å²) in [5.41, 5.74) is -1.04. The van der Waals surface area contributed by atoms with E-state index in [2.05, 4.69) is 6.07 Å². The molecule has 0 saturated carbocycles. The van der Waals surface area contributed by atoms with E-state index < -0.39 is 28.8 Å². The lowest BCUT2D eigenvalue weighted by Crippen LogP contribution is -2.25. The van der Waals surface area contributed by atoms with Crippen LogP contribution in [0.5, 0.6) is 0 Å². The molecule has 0 saturated heterocycles. The van der Waals surface area contributed by atoms with Gasteiger partial charge in [0.05, 0.1) is 11.5 Å². The third-order valence-corrected chi connectivity index (χ3v) is 3.79. The molecule has 0 unspecified atom stereocenters. The second-order valence-electron chi connectivity index (χ2n) is 4.48. The van der Waals surface area contributed by atoms with E-state index in [-0.39, 0.29) is 5.56 Å². The summed E-state index contributed by atoms with van der Waals surface area (Å²) >= 11 is 0. The Hall–Kier alpha value is -1.50. The fourth-order valence-electron chi connectivity index (χ4n) is 2.36. The second-order valence-corrected chi connectivity index (χ2v) is 4.48. The van der Waals surface area contributed by atoms with Gasteiger partial charge < -0.3 is 0 Å². The first kappa shape index (κ1) is 14.6. The number of rotatable bonds is 4. The first-order valence-corrected chi connectivity index (χ1v) is 5.97. The largest absolute Gasteiger partial charge is 0.207 e. The average molecular weight is 255 g/mol. The number of hydrogen-bond donors (Lipinski definition) is 0. The molecular weight excluding hydrogens is 239 g/mol. The second kappa shape index (κ2) is 5.43. The minimum absolute atomic E-state index is 0.207. The molecule has 0 N–H and O–H groups in total. The zero-order valence-electron chi connectivity index (χ0n) is 10.7. The smallest absolute Gasteiger partial charge is 0.132 e. The molecule has 18 heavy (non-hydrogen) atoms. The molecule has 0 spiro atoms. The van der Waals surface area contributed by atoms with E-state index in [4.69, 9.17) is 0 Å². The van der Waals surface area contributed by atoms with Crippen molar-refractivity contribution in [1.82, 2.24) is 0 Å². The fraction of sp³-hybridized carbons (Fsp3) is 0.500. The van der Waals surface area contributed by atoms with Gasteiger partial charge in [-0.1, -0.05) is 20.8 Å². The Labute approximate surface area is 105 Å². The molecule has 0 heterocycles. The third-order valence-electron chi connectivity index (χ3n) is 3.79. The maximum Gasteiger partial charge on any atom is 0.132 e. The molecule has 1 atom stereocenters. The van der Waals surface area contributed by atoms with Crippen molar-refractivity contribution < 1.29 is 13.2 Å². The van der Waals surface area contributed by atoms with Gasteiger partial charge in [-0.15, -0.1) is 0 Å². The van der Waals surface area contributed by atoms with Crippen molar-refractivity contribution in [1.29, 1.82) is 5.26 Å². The van der Waals surface area contributed by atoms with Crippen LogP contribution in [0.15, 0.2) is 12.1 Å². The molecule has 0 amide bonds. The van der Waals surface area contributed by atoms with Gasteiger partial charge in [0.2, 0.25) is 0 Å². The highest BCUT2D eigenvalue weighted by molar-refractivity contribution is 5.28. The molecule has 4 heteroatoms. The van der Waals surface area contributed by atoms with Crippen molar-refractivity contribution in [3.05, 3.63) is 35.1 Å². The molecule has 1 rings (SSSR count). The van der Waals surface area contributed by atoms with Gasteiger partial charge in [0.15, 0.2) is 0 Å². The Balaban J connectivity index is 3.35. The summed E-state index contributed by atoms with van der Waals surface area (Å²) in [7, 11) is 0. The Morgan fingerprint density at radius 2 is 1.61 bits per heavy atom. The highest BCUT2D eigenvalue weighted by Crippen LogP contribution is 2.42. The minimum atomic E-state index is -0.948. The van der Waals surface area contributed by atoms with Crippen LogP contribution in [-0.2, 0) is 0 Å². The van der Waals surface area contributed by atoms with Gasteiger partial charge in [0.1, 0.15) is 17.5 Å². The molecule has 0 fully saturated rings. The van der Waals surface area contributed by atoms with Crippen LogP contribution in [-0.4, -0.2) is 0 Å². The normalized spacial score (nSPS) is 13.2. The van der Waals surface area contributed by atoms with Crippen LogP contribution >= 0.6 is 0 Å². The molecule has 0 radical (unpaired) electrons. The molecule has 1 aromatic rings. The van der Waals surface area contributed by atoms with Crippen LogP contribution < -0.4 is 0 Å². The van der Waals surface area contributed by atoms with Gasteiger partial charge in [-0.2, -0.15) is 5.26 Å². The van der Waals surface area contributed by atoms with E-state index in [0.29, 0.717) is 25.0 Å². The first-order valence-electron chi connectivity index (χ1n) is 5.97. The molecule has 1 aromatic carbocycles. The number of benzene rings is 1. The topological polar surface area (TPSA) is 23.8 Å². The number of nitrogens with zero attached hydrogens (tertiary/aromatic N) is 1. The SMILES string of the molecule is CCC(C#N)(CC)[C@H](C)c1c(F)cc(F)cc1F. The standard InChI is InChI=1S/C14H16F3N/c1-4-14(5-2,8-18)9(3)13-11(16)6-10(15)7-12(13)17/h6-7,9H,4-5H2,1-3H3/t9-/m1/s1. The van der Waals surface area contributed by atoms with E-state index >= 15 is 0 Å².